The zero-order chi connectivity index (χ0) is 27.1. The number of hydrogen-bond acceptors (Lipinski definition) is 9. The Hall–Kier alpha value is -3.54. The zero-order valence-corrected chi connectivity index (χ0v) is 23.3. The van der Waals surface area contributed by atoms with Crippen molar-refractivity contribution in [2.45, 2.75) is 25.2 Å². The number of halogens is 1. The average Bonchev–Trinajstić information content (AvgIpc) is 3.54. The van der Waals surface area contributed by atoms with Crippen LogP contribution in [0.4, 0.5) is 5.00 Å². The highest BCUT2D eigenvalue weighted by atomic mass is 35.5. The number of carbonyl (C=O) groups is 2. The monoisotopic (exact) mass is 572 g/mol. The van der Waals surface area contributed by atoms with Crippen LogP contribution in [-0.4, -0.2) is 46.6 Å². The molecule has 0 aliphatic carbocycles. The minimum Gasteiger partial charge on any atom is -0.497 e. The smallest absolute Gasteiger partial charge is 0.341 e. The van der Waals surface area contributed by atoms with Gasteiger partial charge in [-0.3, -0.25) is 4.79 Å². The summed E-state index contributed by atoms with van der Waals surface area (Å²) in [4.78, 5) is 25.4. The number of methoxy groups -OCH3 is 2. The summed E-state index contributed by atoms with van der Waals surface area (Å²) in [5.74, 6) is 1.12. The maximum Gasteiger partial charge on any atom is 0.341 e. The molecule has 4 aromatic rings. The van der Waals surface area contributed by atoms with Crippen LogP contribution in [0.25, 0.3) is 11.1 Å². The van der Waals surface area contributed by atoms with Gasteiger partial charge in [0.25, 0.3) is 0 Å². The van der Waals surface area contributed by atoms with Crippen LogP contribution in [0.15, 0.2) is 59.1 Å². The van der Waals surface area contributed by atoms with Crippen molar-refractivity contribution in [1.82, 2.24) is 14.8 Å². The summed E-state index contributed by atoms with van der Waals surface area (Å²) >= 11 is 8.66. The number of carbonyl (C=O) groups excluding carboxylic acids is 2. The Bertz CT molecular complexity index is 1420. The number of thioether (sulfide) groups is 1. The van der Waals surface area contributed by atoms with Gasteiger partial charge in [0.1, 0.15) is 28.7 Å². The number of anilines is 1. The topological polar surface area (TPSA) is 105 Å². The fourth-order valence-corrected chi connectivity index (χ4v) is 5.57. The predicted molar refractivity (Wildman–Crippen MR) is 148 cm³/mol. The first-order valence-electron chi connectivity index (χ1n) is 11.5. The highest BCUT2D eigenvalue weighted by Crippen LogP contribution is 2.37. The second-order valence-electron chi connectivity index (χ2n) is 7.77. The Morgan fingerprint density at radius 2 is 1.87 bits per heavy atom. The second-order valence-corrected chi connectivity index (χ2v) is 10.0. The van der Waals surface area contributed by atoms with E-state index in [0.29, 0.717) is 50.2 Å². The Labute approximate surface area is 233 Å². The molecule has 1 N–H and O–H groups in total. The van der Waals surface area contributed by atoms with Gasteiger partial charge in [-0.25, -0.2) is 4.79 Å². The van der Waals surface area contributed by atoms with Crippen molar-refractivity contribution in [1.29, 1.82) is 0 Å². The number of amides is 1. The molecule has 0 aliphatic heterocycles. The molecule has 0 saturated carbocycles. The fourth-order valence-electron chi connectivity index (χ4n) is 3.58. The third kappa shape index (κ3) is 6.29. The van der Waals surface area contributed by atoms with Crippen molar-refractivity contribution in [3.8, 4) is 22.6 Å². The minimum absolute atomic E-state index is 0.0693. The number of nitrogens with zero attached hydrogens (tertiary/aromatic N) is 3. The minimum atomic E-state index is -0.533. The Morgan fingerprint density at radius 1 is 1.11 bits per heavy atom. The van der Waals surface area contributed by atoms with Gasteiger partial charge in [0.2, 0.25) is 5.91 Å². The third-order valence-corrected chi connectivity index (χ3v) is 7.64. The van der Waals surface area contributed by atoms with E-state index in [0.717, 1.165) is 5.56 Å². The van der Waals surface area contributed by atoms with Crippen LogP contribution in [-0.2, 0) is 22.7 Å². The highest BCUT2D eigenvalue weighted by molar-refractivity contribution is 7.99. The largest absolute Gasteiger partial charge is 0.497 e. The normalized spacial score (nSPS) is 10.7. The Balaban J connectivity index is 1.43. The van der Waals surface area contributed by atoms with E-state index < -0.39 is 5.97 Å². The fraction of sp³-hybridized carbons (Fsp3) is 0.231. The molecule has 38 heavy (non-hydrogen) atoms. The van der Waals surface area contributed by atoms with Crippen LogP contribution in [0.5, 0.6) is 11.5 Å². The number of thiophene rings is 1. The molecule has 0 atom stereocenters. The molecule has 2 aromatic heterocycles. The summed E-state index contributed by atoms with van der Waals surface area (Å²) in [6.07, 6.45) is 0. The van der Waals surface area contributed by atoms with Gasteiger partial charge in [-0.2, -0.15) is 0 Å². The quantitative estimate of drug-likeness (QED) is 0.178. The van der Waals surface area contributed by atoms with Crippen molar-refractivity contribution in [3.05, 3.63) is 70.3 Å². The van der Waals surface area contributed by atoms with Gasteiger partial charge < -0.3 is 24.1 Å². The van der Waals surface area contributed by atoms with Gasteiger partial charge in [-0.1, -0.05) is 47.6 Å². The molecule has 12 heteroatoms. The molecule has 0 unspecified atom stereocenters. The van der Waals surface area contributed by atoms with E-state index in [-0.39, 0.29) is 18.3 Å². The van der Waals surface area contributed by atoms with E-state index in [4.69, 9.17) is 25.8 Å². The van der Waals surface area contributed by atoms with E-state index in [1.54, 1.807) is 31.4 Å². The lowest BCUT2D eigenvalue weighted by atomic mass is 10.0. The third-order valence-electron chi connectivity index (χ3n) is 5.47. The zero-order valence-electron chi connectivity index (χ0n) is 20.9. The number of ether oxygens (including phenoxy) is 3. The molecular weight excluding hydrogens is 548 g/mol. The van der Waals surface area contributed by atoms with Crippen LogP contribution in [0.1, 0.15) is 23.1 Å². The van der Waals surface area contributed by atoms with Crippen molar-refractivity contribution < 1.29 is 23.8 Å². The summed E-state index contributed by atoms with van der Waals surface area (Å²) in [5, 5.41) is 14.6. The lowest BCUT2D eigenvalue weighted by molar-refractivity contribution is -0.113. The van der Waals surface area contributed by atoms with Gasteiger partial charge in [0.15, 0.2) is 11.0 Å². The lowest BCUT2D eigenvalue weighted by Gasteiger charge is -2.10. The van der Waals surface area contributed by atoms with Crippen molar-refractivity contribution in [2.24, 2.45) is 0 Å². The van der Waals surface area contributed by atoms with Crippen molar-refractivity contribution >= 4 is 51.6 Å². The number of aromatic nitrogens is 3. The molecule has 4 rings (SSSR count). The molecule has 2 aromatic carbocycles. The molecule has 0 aliphatic rings. The van der Waals surface area contributed by atoms with Gasteiger partial charge in [0, 0.05) is 17.5 Å². The summed E-state index contributed by atoms with van der Waals surface area (Å²) in [6.45, 7) is 2.74. The number of nitrogens with one attached hydrogen (secondary N) is 1. The summed E-state index contributed by atoms with van der Waals surface area (Å²) < 4.78 is 17.9. The Kier molecular flexibility index (Phi) is 9.27. The van der Waals surface area contributed by atoms with Gasteiger partial charge in [0.05, 0.1) is 25.0 Å². The number of rotatable bonds is 11. The average molecular weight is 573 g/mol. The van der Waals surface area contributed by atoms with Crippen LogP contribution in [0.2, 0.25) is 5.02 Å². The number of benzene rings is 2. The molecule has 198 valence electrons. The number of hydrogen-bond donors (Lipinski definition) is 1. The van der Waals surface area contributed by atoms with Crippen LogP contribution in [0.3, 0.4) is 0 Å². The van der Waals surface area contributed by atoms with E-state index >= 15 is 0 Å². The van der Waals surface area contributed by atoms with Crippen molar-refractivity contribution in [3.63, 3.8) is 0 Å². The standard InChI is InChI=1S/C26H25ClN4O5S2/c1-4-31-21(13-36-20-8-6-5-7-19(20)27)29-30-26(31)38-15-22(32)28-24-23(25(33)35-3)18(14-37-24)16-9-11-17(34-2)12-10-16/h5-12,14H,4,13,15H2,1-3H3,(H,28,32). The predicted octanol–water partition coefficient (Wildman–Crippen LogP) is 5.78. The maximum absolute atomic E-state index is 12.8. The van der Waals surface area contributed by atoms with Gasteiger partial charge >= 0.3 is 5.97 Å². The molecule has 0 saturated heterocycles. The molecule has 0 fully saturated rings. The lowest BCUT2D eigenvalue weighted by Crippen LogP contribution is -2.16. The van der Waals surface area contributed by atoms with Gasteiger partial charge in [-0.15, -0.1) is 21.5 Å². The highest BCUT2D eigenvalue weighted by Gasteiger charge is 2.23. The number of para-hydroxylation sites is 1. The molecular formula is C26H25ClN4O5S2. The van der Waals surface area contributed by atoms with E-state index in [2.05, 4.69) is 15.5 Å². The van der Waals surface area contributed by atoms with Crippen molar-refractivity contribution in [2.75, 3.05) is 25.3 Å². The van der Waals surface area contributed by atoms with Crippen LogP contribution in [0, 0.1) is 0 Å². The van der Waals surface area contributed by atoms with E-state index in [9.17, 15) is 9.59 Å². The molecule has 0 bridgehead atoms. The number of esters is 1. The van der Waals surface area contributed by atoms with E-state index in [1.165, 1.54) is 30.2 Å². The maximum atomic E-state index is 12.8. The first-order chi connectivity index (χ1) is 18.4. The second kappa shape index (κ2) is 12.8. The molecule has 9 nitrogen and oxygen atoms in total. The van der Waals surface area contributed by atoms with E-state index in [1.807, 2.05) is 41.1 Å². The van der Waals surface area contributed by atoms with Crippen LogP contribution >= 0.6 is 34.7 Å². The summed E-state index contributed by atoms with van der Waals surface area (Å²) in [6, 6.07) is 14.5. The SMILES string of the molecule is CCn1c(COc2ccccc2Cl)nnc1SCC(=O)Nc1scc(-c2ccc(OC)cc2)c1C(=O)OC. The van der Waals surface area contributed by atoms with Crippen LogP contribution < -0.4 is 14.8 Å². The van der Waals surface area contributed by atoms with Gasteiger partial charge in [-0.05, 0) is 36.8 Å². The summed E-state index contributed by atoms with van der Waals surface area (Å²) in [5.41, 5.74) is 1.78. The first-order valence-corrected chi connectivity index (χ1v) is 13.8. The molecule has 0 radical (unpaired) electrons. The molecule has 1 amide bonds. The molecule has 0 spiro atoms. The first kappa shape index (κ1) is 27.5. The summed E-state index contributed by atoms with van der Waals surface area (Å²) in [7, 11) is 2.90. The Morgan fingerprint density at radius 3 is 2.55 bits per heavy atom. The molecule has 2 heterocycles.